The maximum absolute atomic E-state index is 12.5. The number of aryl methyl sites for hydroxylation is 1. The number of hydrogen-bond acceptors (Lipinski definition) is 4. The van der Waals surface area contributed by atoms with Crippen LogP contribution < -0.4 is 0 Å². The summed E-state index contributed by atoms with van der Waals surface area (Å²) in [7, 11) is 1.26. The summed E-state index contributed by atoms with van der Waals surface area (Å²) in [6.07, 6.45) is -0.0928. The molecular weight excluding hydrogens is 304 g/mol. The summed E-state index contributed by atoms with van der Waals surface area (Å²) in [5, 5.41) is 0. The van der Waals surface area contributed by atoms with Gasteiger partial charge in [0.15, 0.2) is 11.6 Å². The highest BCUT2D eigenvalue weighted by Gasteiger charge is 2.27. The topological polar surface area (TPSA) is 60.4 Å². The third-order valence-corrected chi connectivity index (χ3v) is 3.94. The first-order valence-corrected chi connectivity index (χ1v) is 7.78. The Morgan fingerprint density at radius 3 is 2.08 bits per heavy atom. The number of benzene rings is 2. The fourth-order valence-corrected chi connectivity index (χ4v) is 2.59. The normalized spacial score (nSPS) is 11.6. The standard InChI is InChI=1S/C20H20O4/c1-14-8-6-7-11-17(14)19(22)13-16(20(23)24-2)12-18(21)15-9-4-3-5-10-15/h3-11,16H,12-13H2,1-2H3. The smallest absolute Gasteiger partial charge is 0.309 e. The third-order valence-electron chi connectivity index (χ3n) is 3.94. The molecule has 4 heteroatoms. The van der Waals surface area contributed by atoms with Crippen molar-refractivity contribution in [2.75, 3.05) is 7.11 Å². The molecule has 2 aromatic carbocycles. The molecule has 0 N–H and O–H groups in total. The highest BCUT2D eigenvalue weighted by atomic mass is 16.5. The minimum Gasteiger partial charge on any atom is -0.469 e. The molecule has 0 spiro atoms. The first-order valence-electron chi connectivity index (χ1n) is 7.78. The molecule has 2 aromatic rings. The Morgan fingerprint density at radius 1 is 0.875 bits per heavy atom. The zero-order valence-electron chi connectivity index (χ0n) is 13.8. The van der Waals surface area contributed by atoms with Crippen molar-refractivity contribution in [3.8, 4) is 0 Å². The van der Waals surface area contributed by atoms with Crippen molar-refractivity contribution in [1.82, 2.24) is 0 Å². The van der Waals surface area contributed by atoms with Gasteiger partial charge in [-0.05, 0) is 12.5 Å². The van der Waals surface area contributed by atoms with E-state index >= 15 is 0 Å². The summed E-state index contributed by atoms with van der Waals surface area (Å²) in [6, 6.07) is 15.9. The summed E-state index contributed by atoms with van der Waals surface area (Å²) >= 11 is 0. The average molecular weight is 324 g/mol. The average Bonchev–Trinajstić information content (AvgIpc) is 2.61. The molecule has 24 heavy (non-hydrogen) atoms. The Hall–Kier alpha value is -2.75. The molecule has 124 valence electrons. The van der Waals surface area contributed by atoms with Crippen LogP contribution in [0, 0.1) is 12.8 Å². The van der Waals surface area contributed by atoms with Gasteiger partial charge in [0.05, 0.1) is 13.0 Å². The van der Waals surface area contributed by atoms with Gasteiger partial charge in [-0.2, -0.15) is 0 Å². The highest BCUT2D eigenvalue weighted by molar-refractivity contribution is 6.02. The summed E-state index contributed by atoms with van der Waals surface area (Å²) in [5.74, 6) is -1.66. The van der Waals surface area contributed by atoms with Gasteiger partial charge in [-0.1, -0.05) is 54.6 Å². The van der Waals surface area contributed by atoms with Crippen LogP contribution >= 0.6 is 0 Å². The van der Waals surface area contributed by atoms with Crippen molar-refractivity contribution in [2.24, 2.45) is 5.92 Å². The molecule has 1 unspecified atom stereocenters. The number of carbonyl (C=O) groups is 3. The molecule has 0 saturated carbocycles. The quantitative estimate of drug-likeness (QED) is 0.576. The van der Waals surface area contributed by atoms with Crippen LogP contribution in [0.5, 0.6) is 0 Å². The molecule has 0 aliphatic carbocycles. The van der Waals surface area contributed by atoms with Gasteiger partial charge >= 0.3 is 5.97 Å². The first kappa shape index (κ1) is 17.6. The Morgan fingerprint density at radius 2 is 1.46 bits per heavy atom. The Bertz CT molecular complexity index is 734. The number of hydrogen-bond donors (Lipinski definition) is 0. The first-order chi connectivity index (χ1) is 11.5. The Balaban J connectivity index is 2.14. The lowest BCUT2D eigenvalue weighted by atomic mass is 9.90. The van der Waals surface area contributed by atoms with Crippen LogP contribution in [0.15, 0.2) is 54.6 Å². The molecule has 4 nitrogen and oxygen atoms in total. The van der Waals surface area contributed by atoms with E-state index in [9.17, 15) is 14.4 Å². The van der Waals surface area contributed by atoms with E-state index in [2.05, 4.69) is 0 Å². The number of esters is 1. The van der Waals surface area contributed by atoms with Gasteiger partial charge in [0.25, 0.3) is 0 Å². The maximum Gasteiger partial charge on any atom is 0.309 e. The second-order valence-corrected chi connectivity index (χ2v) is 5.66. The molecule has 0 fully saturated rings. The Labute approximate surface area is 141 Å². The van der Waals surface area contributed by atoms with E-state index in [1.165, 1.54) is 7.11 Å². The number of rotatable bonds is 7. The van der Waals surface area contributed by atoms with Gasteiger partial charge in [0, 0.05) is 24.0 Å². The van der Waals surface area contributed by atoms with E-state index in [1.54, 1.807) is 36.4 Å². The largest absolute Gasteiger partial charge is 0.469 e. The predicted octanol–water partition coefficient (Wildman–Crippen LogP) is 3.63. The molecule has 0 amide bonds. The summed E-state index contributed by atoms with van der Waals surface area (Å²) in [6.45, 7) is 1.84. The molecule has 0 aliphatic heterocycles. The number of methoxy groups -OCH3 is 1. The van der Waals surface area contributed by atoms with Crippen molar-refractivity contribution in [3.05, 3.63) is 71.3 Å². The van der Waals surface area contributed by atoms with E-state index in [0.717, 1.165) is 5.56 Å². The van der Waals surface area contributed by atoms with Crippen LogP contribution in [-0.2, 0) is 9.53 Å². The molecule has 0 aliphatic rings. The zero-order chi connectivity index (χ0) is 17.5. The monoisotopic (exact) mass is 324 g/mol. The van der Waals surface area contributed by atoms with Gasteiger partial charge in [0.1, 0.15) is 0 Å². The van der Waals surface area contributed by atoms with E-state index in [0.29, 0.717) is 11.1 Å². The van der Waals surface area contributed by atoms with E-state index < -0.39 is 11.9 Å². The van der Waals surface area contributed by atoms with Gasteiger partial charge < -0.3 is 4.74 Å². The van der Waals surface area contributed by atoms with Gasteiger partial charge in [-0.3, -0.25) is 14.4 Å². The number of Topliss-reactive ketones (excluding diaryl/α,β-unsaturated/α-hetero) is 2. The van der Waals surface area contributed by atoms with Crippen LogP contribution in [-0.4, -0.2) is 24.6 Å². The SMILES string of the molecule is COC(=O)C(CC(=O)c1ccccc1)CC(=O)c1ccccc1C. The zero-order valence-corrected chi connectivity index (χ0v) is 13.8. The van der Waals surface area contributed by atoms with Gasteiger partial charge in [-0.15, -0.1) is 0 Å². The summed E-state index contributed by atoms with van der Waals surface area (Å²) in [5.41, 5.74) is 1.94. The number of carbonyl (C=O) groups excluding carboxylic acids is 3. The fourth-order valence-electron chi connectivity index (χ4n) is 2.59. The molecular formula is C20H20O4. The van der Waals surface area contributed by atoms with E-state index in [-0.39, 0.29) is 24.4 Å². The van der Waals surface area contributed by atoms with Crippen LogP contribution in [0.3, 0.4) is 0 Å². The lowest BCUT2D eigenvalue weighted by Gasteiger charge is -2.14. The van der Waals surface area contributed by atoms with Gasteiger partial charge in [-0.25, -0.2) is 0 Å². The minimum atomic E-state index is -0.783. The minimum absolute atomic E-state index is 0.0455. The van der Waals surface area contributed by atoms with Crippen molar-refractivity contribution in [3.63, 3.8) is 0 Å². The molecule has 0 radical (unpaired) electrons. The maximum atomic E-state index is 12.5. The molecule has 1 atom stereocenters. The van der Waals surface area contributed by atoms with Crippen LogP contribution in [0.25, 0.3) is 0 Å². The molecule has 0 heterocycles. The Kier molecular flexibility index (Phi) is 6.01. The summed E-state index contributed by atoms with van der Waals surface area (Å²) < 4.78 is 4.77. The molecule has 0 aromatic heterocycles. The summed E-state index contributed by atoms with van der Waals surface area (Å²) in [4.78, 5) is 36.8. The van der Waals surface area contributed by atoms with Crippen molar-refractivity contribution < 1.29 is 19.1 Å². The fraction of sp³-hybridized carbons (Fsp3) is 0.250. The van der Waals surface area contributed by atoms with Gasteiger partial charge in [0.2, 0.25) is 0 Å². The van der Waals surface area contributed by atoms with Crippen molar-refractivity contribution in [2.45, 2.75) is 19.8 Å². The molecule has 0 bridgehead atoms. The highest BCUT2D eigenvalue weighted by Crippen LogP contribution is 2.19. The van der Waals surface area contributed by atoms with Crippen molar-refractivity contribution >= 4 is 17.5 Å². The number of ether oxygens (including phenoxy) is 1. The predicted molar refractivity (Wildman–Crippen MR) is 91.0 cm³/mol. The second kappa shape index (κ2) is 8.20. The van der Waals surface area contributed by atoms with Crippen LogP contribution in [0.2, 0.25) is 0 Å². The lowest BCUT2D eigenvalue weighted by molar-refractivity contribution is -0.145. The van der Waals surface area contributed by atoms with E-state index in [1.807, 2.05) is 25.1 Å². The van der Waals surface area contributed by atoms with E-state index in [4.69, 9.17) is 4.74 Å². The number of ketones is 2. The third kappa shape index (κ3) is 4.38. The lowest BCUT2D eigenvalue weighted by Crippen LogP contribution is -2.23. The second-order valence-electron chi connectivity index (χ2n) is 5.66. The molecule has 0 saturated heterocycles. The van der Waals surface area contributed by atoms with Crippen molar-refractivity contribution in [1.29, 1.82) is 0 Å². The van der Waals surface area contributed by atoms with Crippen LogP contribution in [0.1, 0.15) is 39.1 Å². The molecule has 2 rings (SSSR count). The van der Waals surface area contributed by atoms with Crippen LogP contribution in [0.4, 0.5) is 0 Å².